The van der Waals surface area contributed by atoms with E-state index in [4.69, 9.17) is 34.8 Å². The number of nitrogens with zero attached hydrogens (tertiary/aromatic N) is 2. The maximum Gasteiger partial charge on any atom is 0.283 e. The third-order valence-electron chi connectivity index (χ3n) is 6.04. The molecule has 0 saturated heterocycles. The molecule has 0 bridgehead atoms. The molecule has 4 rings (SSSR count). The summed E-state index contributed by atoms with van der Waals surface area (Å²) in [6.07, 6.45) is 5.56. The van der Waals surface area contributed by atoms with Gasteiger partial charge in [-0.15, -0.1) is 0 Å². The highest BCUT2D eigenvalue weighted by atomic mass is 35.5. The molecule has 0 atom stereocenters. The molecule has 0 spiro atoms. The minimum Gasteiger partial charge on any atom is -0.350 e. The maximum absolute atomic E-state index is 13.0. The zero-order valence-corrected chi connectivity index (χ0v) is 20.2. The Balaban J connectivity index is 1.49. The largest absolute Gasteiger partial charge is 0.350 e. The van der Waals surface area contributed by atoms with Gasteiger partial charge in [0.1, 0.15) is 10.7 Å². The van der Waals surface area contributed by atoms with Crippen molar-refractivity contribution in [2.24, 2.45) is 0 Å². The first-order valence-electron chi connectivity index (χ1n) is 10.7. The van der Waals surface area contributed by atoms with Gasteiger partial charge in [-0.3, -0.25) is 14.4 Å². The molecule has 1 aliphatic carbocycles. The fourth-order valence-electron chi connectivity index (χ4n) is 4.17. The van der Waals surface area contributed by atoms with Gasteiger partial charge >= 0.3 is 0 Å². The Hall–Kier alpha value is -2.54. The van der Waals surface area contributed by atoms with Crippen LogP contribution in [0.5, 0.6) is 0 Å². The van der Waals surface area contributed by atoms with Gasteiger partial charge in [0.15, 0.2) is 0 Å². The van der Waals surface area contributed by atoms with Crippen molar-refractivity contribution in [3.63, 3.8) is 0 Å². The van der Waals surface area contributed by atoms with Gasteiger partial charge in [0.2, 0.25) is 0 Å². The van der Waals surface area contributed by atoms with E-state index >= 15 is 0 Å². The highest BCUT2D eigenvalue weighted by Gasteiger charge is 2.40. The number of anilines is 2. The molecule has 2 aromatic rings. The van der Waals surface area contributed by atoms with Crippen LogP contribution in [0, 0.1) is 0 Å². The minimum atomic E-state index is -0.700. The lowest BCUT2D eigenvalue weighted by atomic mass is 9.94. The number of carbonyl (C=O) groups is 3. The summed E-state index contributed by atoms with van der Waals surface area (Å²) < 4.78 is 0. The number of hydrogen-bond donors (Lipinski definition) is 1. The normalized spacial score (nSPS) is 17.0. The Morgan fingerprint density at radius 3 is 2.30 bits per heavy atom. The molecule has 1 aliphatic heterocycles. The number of nitrogens with one attached hydrogen (secondary N) is 1. The number of rotatable bonds is 5. The van der Waals surface area contributed by atoms with Crippen molar-refractivity contribution >= 4 is 63.9 Å². The average Bonchev–Trinajstić information content (AvgIpc) is 3.04. The lowest BCUT2D eigenvalue weighted by Gasteiger charge is -2.31. The number of carbonyl (C=O) groups excluding carboxylic acids is 3. The molecule has 3 amide bonds. The summed E-state index contributed by atoms with van der Waals surface area (Å²) >= 11 is 18.4. The van der Waals surface area contributed by atoms with Gasteiger partial charge in [-0.2, -0.15) is 0 Å². The van der Waals surface area contributed by atoms with Crippen LogP contribution in [-0.4, -0.2) is 35.7 Å². The summed E-state index contributed by atoms with van der Waals surface area (Å²) in [6.45, 7) is 0. The topological polar surface area (TPSA) is 69.7 Å². The number of halogens is 3. The van der Waals surface area contributed by atoms with Crippen LogP contribution in [0.2, 0.25) is 10.0 Å². The van der Waals surface area contributed by atoms with E-state index in [1.807, 2.05) is 11.9 Å². The van der Waals surface area contributed by atoms with Gasteiger partial charge in [0, 0.05) is 24.3 Å². The molecule has 9 heteroatoms. The van der Waals surface area contributed by atoms with E-state index in [1.54, 1.807) is 36.4 Å². The second-order valence-corrected chi connectivity index (χ2v) is 9.28. The first-order valence-corrected chi connectivity index (χ1v) is 11.8. The van der Waals surface area contributed by atoms with Crippen LogP contribution in [0.15, 0.2) is 53.2 Å². The van der Waals surface area contributed by atoms with Crippen LogP contribution < -0.4 is 10.2 Å². The fraction of sp³-hybridized carbons (Fsp3) is 0.292. The number of imide groups is 1. The Bertz CT molecular complexity index is 1140. The Morgan fingerprint density at radius 2 is 1.64 bits per heavy atom. The molecule has 2 aliphatic rings. The van der Waals surface area contributed by atoms with E-state index in [9.17, 15) is 14.4 Å². The molecule has 0 unspecified atom stereocenters. The minimum absolute atomic E-state index is 0.0420. The molecule has 33 heavy (non-hydrogen) atoms. The standard InChI is InChI=1S/C24H22Cl3N3O3/c1-29(16-6-3-2-4-7-16)22(31)14-10-12-15(13-11-14)28-21-20(27)23(32)30(24(21)33)18-9-5-8-17(25)19(18)26/h5,8-13,16,28H,2-4,6-7H2,1H3. The molecule has 1 heterocycles. The van der Waals surface area contributed by atoms with Gasteiger partial charge in [0.05, 0.1) is 15.7 Å². The zero-order chi connectivity index (χ0) is 23.7. The molecule has 0 radical (unpaired) electrons. The van der Waals surface area contributed by atoms with Crippen LogP contribution in [0.25, 0.3) is 0 Å². The summed E-state index contributed by atoms with van der Waals surface area (Å²) in [6, 6.07) is 11.6. The van der Waals surface area contributed by atoms with Gasteiger partial charge < -0.3 is 10.2 Å². The Morgan fingerprint density at radius 1 is 0.970 bits per heavy atom. The highest BCUT2D eigenvalue weighted by molar-refractivity contribution is 6.54. The average molecular weight is 507 g/mol. The summed E-state index contributed by atoms with van der Waals surface area (Å²) in [5, 5.41) is 2.94. The van der Waals surface area contributed by atoms with Crippen LogP contribution in [0.3, 0.4) is 0 Å². The third kappa shape index (κ3) is 4.60. The monoisotopic (exact) mass is 505 g/mol. The molecule has 6 nitrogen and oxygen atoms in total. The summed E-state index contributed by atoms with van der Waals surface area (Å²) in [4.78, 5) is 41.2. The van der Waals surface area contributed by atoms with Crippen molar-refractivity contribution in [2.45, 2.75) is 38.1 Å². The highest BCUT2D eigenvalue weighted by Crippen LogP contribution is 2.37. The van der Waals surface area contributed by atoms with Gasteiger partial charge in [0.25, 0.3) is 17.7 Å². The number of hydrogen-bond acceptors (Lipinski definition) is 4. The Labute approximate surface area is 207 Å². The van der Waals surface area contributed by atoms with Gasteiger partial charge in [-0.05, 0) is 49.2 Å². The predicted molar refractivity (Wildman–Crippen MR) is 131 cm³/mol. The third-order valence-corrected chi connectivity index (χ3v) is 7.20. The van der Waals surface area contributed by atoms with Gasteiger partial charge in [-0.1, -0.05) is 60.1 Å². The van der Waals surface area contributed by atoms with E-state index in [-0.39, 0.29) is 38.4 Å². The second kappa shape index (κ2) is 9.75. The molecule has 2 aromatic carbocycles. The molecule has 0 aromatic heterocycles. The summed E-state index contributed by atoms with van der Waals surface area (Å²) in [5.41, 5.74) is 1.15. The van der Waals surface area contributed by atoms with E-state index in [2.05, 4.69) is 5.32 Å². The van der Waals surface area contributed by atoms with Crippen molar-refractivity contribution in [3.05, 3.63) is 68.8 Å². The lowest BCUT2D eigenvalue weighted by Crippen LogP contribution is -2.38. The molecular weight excluding hydrogens is 485 g/mol. The van der Waals surface area contributed by atoms with E-state index < -0.39 is 11.8 Å². The molecule has 1 saturated carbocycles. The first-order chi connectivity index (χ1) is 15.8. The van der Waals surface area contributed by atoms with Gasteiger partial charge in [-0.25, -0.2) is 4.90 Å². The number of amides is 3. The SMILES string of the molecule is CN(C(=O)c1ccc(NC2=C(Cl)C(=O)N(c3cccc(Cl)c3Cl)C2=O)cc1)C1CCCCC1. The smallest absolute Gasteiger partial charge is 0.283 e. The van der Waals surface area contributed by atoms with Crippen molar-refractivity contribution in [1.82, 2.24) is 4.90 Å². The first kappa shape index (κ1) is 23.6. The number of benzene rings is 2. The molecule has 172 valence electrons. The zero-order valence-electron chi connectivity index (χ0n) is 17.9. The van der Waals surface area contributed by atoms with Crippen molar-refractivity contribution in [1.29, 1.82) is 0 Å². The molecule has 1 N–H and O–H groups in total. The second-order valence-electron chi connectivity index (χ2n) is 8.12. The van der Waals surface area contributed by atoms with Crippen LogP contribution in [-0.2, 0) is 9.59 Å². The predicted octanol–water partition coefficient (Wildman–Crippen LogP) is 5.83. The van der Waals surface area contributed by atoms with E-state index in [1.165, 1.54) is 12.5 Å². The molecule has 1 fully saturated rings. The van der Waals surface area contributed by atoms with Crippen molar-refractivity contribution in [3.8, 4) is 0 Å². The summed E-state index contributed by atoms with van der Waals surface area (Å²) in [7, 11) is 1.84. The van der Waals surface area contributed by atoms with E-state index in [0.29, 0.717) is 11.3 Å². The van der Waals surface area contributed by atoms with Crippen LogP contribution >= 0.6 is 34.8 Å². The van der Waals surface area contributed by atoms with Crippen LogP contribution in [0.1, 0.15) is 42.5 Å². The van der Waals surface area contributed by atoms with Crippen molar-refractivity contribution < 1.29 is 14.4 Å². The van der Waals surface area contributed by atoms with E-state index in [0.717, 1.165) is 30.6 Å². The fourth-order valence-corrected chi connectivity index (χ4v) is 4.77. The maximum atomic E-state index is 13.0. The van der Waals surface area contributed by atoms with Crippen molar-refractivity contribution in [2.75, 3.05) is 17.3 Å². The Kier molecular flexibility index (Phi) is 6.98. The quantitative estimate of drug-likeness (QED) is 0.518. The lowest BCUT2D eigenvalue weighted by molar-refractivity contribution is -0.120. The summed E-state index contributed by atoms with van der Waals surface area (Å²) in [5.74, 6) is -1.39. The molecular formula is C24H22Cl3N3O3. The van der Waals surface area contributed by atoms with Crippen LogP contribution in [0.4, 0.5) is 11.4 Å².